The Kier molecular flexibility index (Phi) is 8.74. The second kappa shape index (κ2) is 12.0. The summed E-state index contributed by atoms with van der Waals surface area (Å²) in [5.74, 6) is 0.235. The Morgan fingerprint density at radius 2 is 1.89 bits per heavy atom. The fourth-order valence-corrected chi connectivity index (χ4v) is 5.09. The number of ether oxygens (including phenoxy) is 2. The van der Waals surface area contributed by atoms with Gasteiger partial charge in [-0.1, -0.05) is 47.5 Å². The van der Waals surface area contributed by atoms with E-state index in [1.54, 1.807) is 54.6 Å². The highest BCUT2D eigenvalue weighted by molar-refractivity contribution is 9.10. The van der Waals surface area contributed by atoms with Crippen molar-refractivity contribution < 1.29 is 19.1 Å². The number of hydrogen-bond acceptors (Lipinski definition) is 5. The van der Waals surface area contributed by atoms with Crippen molar-refractivity contribution in [3.05, 3.63) is 96.8 Å². The van der Waals surface area contributed by atoms with E-state index in [0.29, 0.717) is 48.7 Å². The second-order valence-corrected chi connectivity index (χ2v) is 10.2. The molecule has 0 spiro atoms. The molecule has 10 heteroatoms. The van der Waals surface area contributed by atoms with Crippen molar-refractivity contribution >= 4 is 74.0 Å². The minimum absolute atomic E-state index is 0.211. The molecule has 36 heavy (non-hydrogen) atoms. The maximum absolute atomic E-state index is 12.5. The minimum Gasteiger partial charge on any atom is -0.490 e. The SMILES string of the molecule is CCOc1cc(/C=C2\SC(=NC(=O)c3ccccc3)NC2=O)cc(Br)c1OCc1ccc(Cl)cc1Cl. The zero-order valence-corrected chi connectivity index (χ0v) is 22.8. The van der Waals surface area contributed by atoms with Crippen LogP contribution in [0.4, 0.5) is 0 Å². The number of hydrogen-bond donors (Lipinski definition) is 1. The Morgan fingerprint density at radius 1 is 1.11 bits per heavy atom. The Labute approximate surface area is 230 Å². The van der Waals surface area contributed by atoms with Gasteiger partial charge in [-0.15, -0.1) is 0 Å². The number of nitrogens with one attached hydrogen (secondary N) is 1. The lowest BCUT2D eigenvalue weighted by Gasteiger charge is -2.15. The monoisotopic (exact) mass is 604 g/mol. The molecule has 1 aliphatic heterocycles. The molecule has 3 aromatic carbocycles. The van der Waals surface area contributed by atoms with Crippen molar-refractivity contribution in [1.82, 2.24) is 5.32 Å². The smallest absolute Gasteiger partial charge is 0.279 e. The molecule has 0 aliphatic carbocycles. The maximum Gasteiger partial charge on any atom is 0.279 e. The van der Waals surface area contributed by atoms with Gasteiger partial charge in [-0.05, 0) is 82.7 Å². The molecule has 1 fully saturated rings. The number of amides is 2. The van der Waals surface area contributed by atoms with Crippen LogP contribution in [0.2, 0.25) is 10.0 Å². The van der Waals surface area contributed by atoms with Gasteiger partial charge in [-0.3, -0.25) is 9.59 Å². The molecular weight excluding hydrogens is 587 g/mol. The summed E-state index contributed by atoms with van der Waals surface area (Å²) in [7, 11) is 0. The molecule has 1 saturated heterocycles. The maximum atomic E-state index is 12.5. The van der Waals surface area contributed by atoms with Crippen molar-refractivity contribution in [2.24, 2.45) is 4.99 Å². The molecular formula is C26H19BrCl2N2O4S. The summed E-state index contributed by atoms with van der Waals surface area (Å²) >= 11 is 16.9. The van der Waals surface area contributed by atoms with Gasteiger partial charge in [0.2, 0.25) is 0 Å². The summed E-state index contributed by atoms with van der Waals surface area (Å²) in [6, 6.07) is 17.5. The Hall–Kier alpha value is -2.78. The van der Waals surface area contributed by atoms with Crippen LogP contribution in [-0.2, 0) is 11.4 Å². The second-order valence-electron chi connectivity index (χ2n) is 7.44. The van der Waals surface area contributed by atoms with Crippen LogP contribution in [0.5, 0.6) is 11.5 Å². The van der Waals surface area contributed by atoms with Crippen molar-refractivity contribution in [3.8, 4) is 11.5 Å². The van der Waals surface area contributed by atoms with Gasteiger partial charge in [0.15, 0.2) is 16.7 Å². The van der Waals surface area contributed by atoms with Gasteiger partial charge in [0, 0.05) is 21.2 Å². The first-order chi connectivity index (χ1) is 17.3. The molecule has 0 atom stereocenters. The average molecular weight is 606 g/mol. The van der Waals surface area contributed by atoms with Crippen LogP contribution >= 0.6 is 50.9 Å². The van der Waals surface area contributed by atoms with Gasteiger partial charge in [0.1, 0.15) is 6.61 Å². The summed E-state index contributed by atoms with van der Waals surface area (Å²) in [4.78, 5) is 29.3. The van der Waals surface area contributed by atoms with Crippen molar-refractivity contribution in [3.63, 3.8) is 0 Å². The van der Waals surface area contributed by atoms with E-state index in [-0.39, 0.29) is 17.7 Å². The molecule has 1 N–H and O–H groups in total. The number of carbonyl (C=O) groups excluding carboxylic acids is 2. The first-order valence-corrected chi connectivity index (χ1v) is 13.1. The zero-order valence-electron chi connectivity index (χ0n) is 18.9. The van der Waals surface area contributed by atoms with Gasteiger partial charge in [0.05, 0.1) is 16.0 Å². The van der Waals surface area contributed by atoms with Crippen LogP contribution in [0, 0.1) is 0 Å². The Bertz CT molecular complexity index is 1380. The predicted octanol–water partition coefficient (Wildman–Crippen LogP) is 7.13. The Balaban J connectivity index is 1.54. The van der Waals surface area contributed by atoms with Gasteiger partial charge >= 0.3 is 0 Å². The van der Waals surface area contributed by atoms with E-state index in [4.69, 9.17) is 32.7 Å². The summed E-state index contributed by atoms with van der Waals surface area (Å²) in [5, 5.41) is 3.91. The third kappa shape index (κ3) is 6.50. The summed E-state index contributed by atoms with van der Waals surface area (Å²) in [6.45, 7) is 2.49. The number of amidine groups is 1. The summed E-state index contributed by atoms with van der Waals surface area (Å²) < 4.78 is 12.5. The minimum atomic E-state index is -0.427. The van der Waals surface area contributed by atoms with Crippen LogP contribution in [0.3, 0.4) is 0 Å². The molecule has 1 aliphatic rings. The lowest BCUT2D eigenvalue weighted by Crippen LogP contribution is -2.20. The van der Waals surface area contributed by atoms with E-state index >= 15 is 0 Å². The number of aliphatic imine (C=N–C) groups is 1. The van der Waals surface area contributed by atoms with Gasteiger partial charge in [-0.25, -0.2) is 0 Å². The Morgan fingerprint density at radius 3 is 2.61 bits per heavy atom. The number of thioether (sulfide) groups is 1. The van der Waals surface area contributed by atoms with E-state index in [1.165, 1.54) is 0 Å². The summed E-state index contributed by atoms with van der Waals surface area (Å²) in [5.41, 5.74) is 1.92. The average Bonchev–Trinajstić information content (AvgIpc) is 3.18. The van der Waals surface area contributed by atoms with Crippen LogP contribution < -0.4 is 14.8 Å². The van der Waals surface area contributed by atoms with E-state index in [9.17, 15) is 9.59 Å². The highest BCUT2D eigenvalue weighted by Crippen LogP contribution is 2.39. The number of nitrogens with zero attached hydrogens (tertiary/aromatic N) is 1. The molecule has 6 nitrogen and oxygen atoms in total. The molecule has 4 rings (SSSR count). The molecule has 3 aromatic rings. The molecule has 2 amide bonds. The van der Waals surface area contributed by atoms with Crippen molar-refractivity contribution in [2.45, 2.75) is 13.5 Å². The molecule has 0 unspecified atom stereocenters. The first-order valence-electron chi connectivity index (χ1n) is 10.8. The molecule has 0 saturated carbocycles. The number of carbonyl (C=O) groups is 2. The molecule has 184 valence electrons. The number of benzene rings is 3. The van der Waals surface area contributed by atoms with Gasteiger partial charge < -0.3 is 14.8 Å². The summed E-state index contributed by atoms with van der Waals surface area (Å²) in [6.07, 6.45) is 1.70. The quantitative estimate of drug-likeness (QED) is 0.290. The van der Waals surface area contributed by atoms with Crippen LogP contribution in [0.1, 0.15) is 28.4 Å². The van der Waals surface area contributed by atoms with E-state index < -0.39 is 5.91 Å². The van der Waals surface area contributed by atoms with Crippen LogP contribution in [-0.4, -0.2) is 23.6 Å². The van der Waals surface area contributed by atoms with Crippen molar-refractivity contribution in [2.75, 3.05) is 6.61 Å². The van der Waals surface area contributed by atoms with E-state index in [0.717, 1.165) is 17.3 Å². The standard InChI is InChI=1S/C26H19BrCl2N2O4S/c1-2-34-21-11-15(10-19(27)23(21)35-14-17-8-9-18(28)13-20(17)29)12-22-25(33)31-26(36-22)30-24(32)16-6-4-3-5-7-16/h3-13H,2,14H2,1H3,(H,30,31,32,33)/b22-12-. The lowest BCUT2D eigenvalue weighted by molar-refractivity contribution is -0.115. The molecule has 0 radical (unpaired) electrons. The lowest BCUT2D eigenvalue weighted by atomic mass is 10.1. The molecule has 0 aromatic heterocycles. The fourth-order valence-electron chi connectivity index (χ4n) is 3.23. The molecule has 0 bridgehead atoms. The van der Waals surface area contributed by atoms with Crippen molar-refractivity contribution in [1.29, 1.82) is 0 Å². The largest absolute Gasteiger partial charge is 0.490 e. The fraction of sp³-hybridized carbons (Fsp3) is 0.115. The van der Waals surface area contributed by atoms with E-state index in [1.807, 2.05) is 19.1 Å². The first kappa shape index (κ1) is 26.3. The highest BCUT2D eigenvalue weighted by Gasteiger charge is 2.25. The topological polar surface area (TPSA) is 77.0 Å². The molecule has 1 heterocycles. The van der Waals surface area contributed by atoms with Gasteiger partial charge in [0.25, 0.3) is 11.8 Å². The van der Waals surface area contributed by atoms with Crippen LogP contribution in [0.15, 0.2) is 75.0 Å². The van der Waals surface area contributed by atoms with E-state index in [2.05, 4.69) is 26.2 Å². The predicted molar refractivity (Wildman–Crippen MR) is 148 cm³/mol. The third-order valence-corrected chi connectivity index (χ3v) is 6.98. The zero-order chi connectivity index (χ0) is 25.7. The number of rotatable bonds is 7. The highest BCUT2D eigenvalue weighted by atomic mass is 79.9. The normalized spacial score (nSPS) is 15.3. The van der Waals surface area contributed by atoms with Crippen LogP contribution in [0.25, 0.3) is 6.08 Å². The van der Waals surface area contributed by atoms with Gasteiger partial charge in [-0.2, -0.15) is 4.99 Å². The number of halogens is 3. The third-order valence-electron chi connectivity index (χ3n) is 4.89.